The lowest BCUT2D eigenvalue weighted by atomic mass is 10.0. The number of esters is 2. The molecule has 0 bridgehead atoms. The maximum Gasteiger partial charge on any atom is 0.359 e. The number of thiophene rings is 1. The molecule has 0 unspecified atom stereocenters. The van der Waals surface area contributed by atoms with Gasteiger partial charge in [-0.3, -0.25) is 4.79 Å². The van der Waals surface area contributed by atoms with E-state index < -0.39 is 30.1 Å². The molecule has 0 aliphatic carbocycles. The molecule has 1 saturated heterocycles. The van der Waals surface area contributed by atoms with Crippen LogP contribution in [0.1, 0.15) is 74.3 Å². The van der Waals surface area contributed by atoms with Crippen LogP contribution in [-0.4, -0.2) is 74.8 Å². The maximum absolute atomic E-state index is 13.3. The number of hydrogen-bond acceptors (Lipinski definition) is 10. The Kier molecular flexibility index (Phi) is 9.32. The third-order valence-electron chi connectivity index (χ3n) is 6.23. The number of piperidine rings is 1. The smallest absolute Gasteiger partial charge is 0.359 e. The highest BCUT2D eigenvalue weighted by atomic mass is 35.5. The van der Waals surface area contributed by atoms with Gasteiger partial charge in [-0.25, -0.2) is 14.6 Å². The highest BCUT2D eigenvalue weighted by Gasteiger charge is 2.27. The number of aromatic nitrogens is 3. The topological polar surface area (TPSA) is 129 Å². The number of nitrogens with zero attached hydrogens (tertiary/aromatic N) is 4. The van der Waals surface area contributed by atoms with Crippen molar-refractivity contribution in [1.29, 1.82) is 0 Å². The molecule has 1 aliphatic heterocycles. The van der Waals surface area contributed by atoms with Gasteiger partial charge in [-0.15, -0.1) is 11.3 Å². The molecule has 0 atom stereocenters. The van der Waals surface area contributed by atoms with Crippen LogP contribution in [0.5, 0.6) is 0 Å². The molecule has 0 spiro atoms. The number of hydrogen-bond donors (Lipinski definition) is 1. The van der Waals surface area contributed by atoms with Gasteiger partial charge in [-0.05, 0) is 59.6 Å². The first kappa shape index (κ1) is 29.8. The fourth-order valence-corrected chi connectivity index (χ4v) is 5.31. The molecule has 0 saturated carbocycles. The average Bonchev–Trinajstić information content (AvgIpc) is 3.62. The van der Waals surface area contributed by atoms with Crippen molar-refractivity contribution >= 4 is 40.8 Å². The first-order valence-electron chi connectivity index (χ1n) is 13.1. The van der Waals surface area contributed by atoms with Gasteiger partial charge in [0.25, 0.3) is 5.91 Å². The molecule has 0 aromatic carbocycles. The zero-order chi connectivity index (χ0) is 29.0. The Morgan fingerprint density at radius 3 is 2.58 bits per heavy atom. The molecule has 11 nitrogen and oxygen atoms in total. The van der Waals surface area contributed by atoms with Gasteiger partial charge < -0.3 is 28.8 Å². The summed E-state index contributed by atoms with van der Waals surface area (Å²) in [5.74, 6) is -1.39. The summed E-state index contributed by atoms with van der Waals surface area (Å²) in [5.41, 5.74) is -0.311. The fraction of sp³-hybridized carbons (Fsp3) is 0.519. The van der Waals surface area contributed by atoms with Crippen molar-refractivity contribution in [3.05, 3.63) is 45.9 Å². The number of ether oxygens (including phenoxy) is 2. The summed E-state index contributed by atoms with van der Waals surface area (Å²) >= 11 is 7.39. The van der Waals surface area contributed by atoms with Crippen LogP contribution >= 0.6 is 22.9 Å². The minimum absolute atomic E-state index is 0.0163. The van der Waals surface area contributed by atoms with Crippen molar-refractivity contribution in [3.63, 3.8) is 0 Å². The second-order valence-electron chi connectivity index (χ2n) is 10.9. The van der Waals surface area contributed by atoms with E-state index in [2.05, 4.69) is 34.2 Å². The molecule has 13 heteroatoms. The second kappa shape index (κ2) is 12.5. The number of imidazole rings is 1. The molecule has 4 heterocycles. The van der Waals surface area contributed by atoms with Crippen molar-refractivity contribution in [2.24, 2.45) is 0 Å². The Bertz CT molecular complexity index is 1350. The van der Waals surface area contributed by atoms with E-state index >= 15 is 0 Å². The molecule has 1 aliphatic rings. The summed E-state index contributed by atoms with van der Waals surface area (Å²) in [5, 5.41) is 7.16. The summed E-state index contributed by atoms with van der Waals surface area (Å²) < 4.78 is 17.9. The molecule has 4 rings (SSSR count). The predicted molar refractivity (Wildman–Crippen MR) is 149 cm³/mol. The Morgan fingerprint density at radius 1 is 1.23 bits per heavy atom. The number of amides is 1. The first-order chi connectivity index (χ1) is 18.9. The largest absolute Gasteiger partial charge is 0.457 e. The normalized spacial score (nSPS) is 14.9. The van der Waals surface area contributed by atoms with E-state index in [1.165, 1.54) is 22.1 Å². The van der Waals surface area contributed by atoms with Gasteiger partial charge in [-0.2, -0.15) is 0 Å². The van der Waals surface area contributed by atoms with Gasteiger partial charge in [0.2, 0.25) is 0 Å². The SMILES string of the molecule is CC(C)N1CCC(NC(=O)c2nc(C(=O)OCC(=O)OC(C)(C)C)cn2Cc2cc(-c3ccc(Cl)s3)on2)CC1. The average molecular weight is 592 g/mol. The van der Waals surface area contributed by atoms with E-state index in [4.69, 9.17) is 25.6 Å². The monoisotopic (exact) mass is 591 g/mol. The van der Waals surface area contributed by atoms with Crippen molar-refractivity contribution in [2.75, 3.05) is 19.7 Å². The molecule has 1 fully saturated rings. The van der Waals surface area contributed by atoms with Crippen LogP contribution in [0.4, 0.5) is 0 Å². The third-order valence-corrected chi connectivity index (χ3v) is 7.48. The highest BCUT2D eigenvalue weighted by molar-refractivity contribution is 7.19. The minimum atomic E-state index is -0.849. The lowest BCUT2D eigenvalue weighted by Crippen LogP contribution is -2.47. The van der Waals surface area contributed by atoms with E-state index in [0.29, 0.717) is 21.8 Å². The van der Waals surface area contributed by atoms with Crippen molar-refractivity contribution < 1.29 is 28.4 Å². The summed E-state index contributed by atoms with van der Waals surface area (Å²) in [4.78, 5) is 45.5. The maximum atomic E-state index is 13.3. The number of nitrogens with one attached hydrogen (secondary N) is 1. The molecule has 3 aromatic rings. The number of carbonyl (C=O) groups is 3. The number of carbonyl (C=O) groups excluding carboxylic acids is 3. The van der Waals surface area contributed by atoms with Crippen LogP contribution in [0.2, 0.25) is 4.34 Å². The standard InChI is InChI=1S/C27H34ClN5O6S/c1-16(2)32-10-8-17(9-11-32)29-25(35)24-30-19(26(36)37-15-23(34)38-27(3,4)5)14-33(24)13-18-12-20(39-31-18)21-6-7-22(28)40-21/h6-7,12,14,16-17H,8-11,13,15H2,1-5H3,(H,29,35). The number of halogens is 1. The second-order valence-corrected chi connectivity index (χ2v) is 12.6. The summed E-state index contributed by atoms with van der Waals surface area (Å²) in [6, 6.07) is 5.77. The molecule has 3 aromatic heterocycles. The zero-order valence-corrected chi connectivity index (χ0v) is 24.8. The van der Waals surface area contributed by atoms with Gasteiger partial charge in [0.05, 0.1) is 15.8 Å². The van der Waals surface area contributed by atoms with Gasteiger partial charge >= 0.3 is 11.9 Å². The molecular weight excluding hydrogens is 558 g/mol. The van der Waals surface area contributed by atoms with Crippen LogP contribution in [0.25, 0.3) is 10.6 Å². The summed E-state index contributed by atoms with van der Waals surface area (Å²) in [7, 11) is 0. The van der Waals surface area contributed by atoms with E-state index in [1.807, 2.05) is 6.07 Å². The fourth-order valence-electron chi connectivity index (χ4n) is 4.32. The van der Waals surface area contributed by atoms with Gasteiger partial charge in [0.1, 0.15) is 11.3 Å². The molecular formula is C27H34ClN5O6S. The van der Waals surface area contributed by atoms with Crippen molar-refractivity contribution in [2.45, 2.75) is 71.7 Å². The minimum Gasteiger partial charge on any atom is -0.457 e. The Morgan fingerprint density at radius 2 is 1.95 bits per heavy atom. The third kappa shape index (κ3) is 7.92. The Balaban J connectivity index is 1.50. The van der Waals surface area contributed by atoms with Gasteiger partial charge in [0.15, 0.2) is 23.9 Å². The molecule has 1 N–H and O–H groups in total. The summed E-state index contributed by atoms with van der Waals surface area (Å²) in [6.45, 7) is 10.8. The lowest BCUT2D eigenvalue weighted by Gasteiger charge is -2.34. The number of rotatable bonds is 9. The van der Waals surface area contributed by atoms with Crippen LogP contribution in [0.15, 0.2) is 28.9 Å². The lowest BCUT2D eigenvalue weighted by molar-refractivity contribution is -0.158. The Labute approximate surface area is 241 Å². The van der Waals surface area contributed by atoms with Crippen molar-refractivity contribution in [3.8, 4) is 10.6 Å². The van der Waals surface area contributed by atoms with E-state index in [1.54, 1.807) is 32.9 Å². The quantitative estimate of drug-likeness (QED) is 0.360. The predicted octanol–water partition coefficient (Wildman–Crippen LogP) is 4.40. The van der Waals surface area contributed by atoms with Crippen LogP contribution < -0.4 is 5.32 Å². The van der Waals surface area contributed by atoms with Gasteiger partial charge in [-0.1, -0.05) is 16.8 Å². The van der Waals surface area contributed by atoms with Crippen LogP contribution in [0.3, 0.4) is 0 Å². The van der Waals surface area contributed by atoms with Crippen LogP contribution in [0, 0.1) is 0 Å². The summed E-state index contributed by atoms with van der Waals surface area (Å²) in [6.07, 6.45) is 3.03. The molecule has 216 valence electrons. The molecule has 40 heavy (non-hydrogen) atoms. The van der Waals surface area contributed by atoms with E-state index in [9.17, 15) is 14.4 Å². The zero-order valence-electron chi connectivity index (χ0n) is 23.2. The van der Waals surface area contributed by atoms with E-state index in [-0.39, 0.29) is 24.1 Å². The van der Waals surface area contributed by atoms with Crippen molar-refractivity contribution in [1.82, 2.24) is 24.9 Å². The molecule has 0 radical (unpaired) electrons. The Hall–Kier alpha value is -3.22. The first-order valence-corrected chi connectivity index (χ1v) is 14.3. The van der Waals surface area contributed by atoms with Crippen LogP contribution in [-0.2, 0) is 20.8 Å². The highest BCUT2D eigenvalue weighted by Crippen LogP contribution is 2.31. The molecule has 1 amide bonds. The van der Waals surface area contributed by atoms with Gasteiger partial charge in [0, 0.05) is 37.4 Å². The number of likely N-dealkylation sites (tertiary alicyclic amines) is 1. The van der Waals surface area contributed by atoms with E-state index in [0.717, 1.165) is 30.8 Å².